The molecule has 3 rings (SSSR count). The average molecular weight is 497 g/mol. The van der Waals surface area contributed by atoms with Crippen LogP contribution in [0.4, 0.5) is 22.0 Å². The van der Waals surface area contributed by atoms with E-state index in [1.807, 2.05) is 0 Å². The van der Waals surface area contributed by atoms with Crippen molar-refractivity contribution in [3.8, 4) is 0 Å². The van der Waals surface area contributed by atoms with E-state index >= 15 is 0 Å². The molecule has 1 saturated carbocycles. The number of alkyl halides is 3. The van der Waals surface area contributed by atoms with Gasteiger partial charge in [0.15, 0.2) is 0 Å². The zero-order valence-corrected chi connectivity index (χ0v) is 18.7. The molecule has 1 atom stereocenters. The largest absolute Gasteiger partial charge is 0.416 e. The van der Waals surface area contributed by atoms with Gasteiger partial charge in [0, 0.05) is 18.5 Å². The summed E-state index contributed by atoms with van der Waals surface area (Å²) in [4.78, 5) is 12.9. The Morgan fingerprint density at radius 3 is 2.35 bits per heavy atom. The van der Waals surface area contributed by atoms with E-state index in [-0.39, 0.29) is 34.1 Å². The number of carbonyl (C=O) groups is 1. The highest BCUT2D eigenvalue weighted by atomic mass is 35.5. The van der Waals surface area contributed by atoms with Crippen LogP contribution in [-0.2, 0) is 22.9 Å². The molecule has 1 aliphatic rings. The summed E-state index contributed by atoms with van der Waals surface area (Å²) >= 11 is 5.92. The van der Waals surface area contributed by atoms with Crippen molar-refractivity contribution in [1.29, 1.82) is 0 Å². The predicted octanol–water partition coefficient (Wildman–Crippen LogP) is 6.10. The van der Waals surface area contributed by atoms with Gasteiger partial charge in [0.2, 0.25) is 5.91 Å². The third-order valence-electron chi connectivity index (χ3n) is 5.57. The molecule has 3 nitrogen and oxygen atoms in total. The Balaban J connectivity index is 2.26. The van der Waals surface area contributed by atoms with E-state index < -0.39 is 34.8 Å². The maximum absolute atomic E-state index is 14.7. The van der Waals surface area contributed by atoms with Gasteiger partial charge in [-0.1, -0.05) is 42.5 Å². The van der Waals surface area contributed by atoms with Gasteiger partial charge in [-0.3, -0.25) is 4.79 Å². The molecule has 0 radical (unpaired) electrons. The molecule has 0 aromatic heterocycles. The minimum Gasteiger partial charge on any atom is -0.403 e. The monoisotopic (exact) mass is 496 g/mol. The molecule has 0 spiro atoms. The molecule has 180 valence electrons. The summed E-state index contributed by atoms with van der Waals surface area (Å²) in [5.74, 6) is -2.61. The van der Waals surface area contributed by atoms with Gasteiger partial charge < -0.3 is 11.1 Å². The molecule has 0 saturated heterocycles. The first-order chi connectivity index (χ1) is 16.0. The van der Waals surface area contributed by atoms with E-state index in [4.69, 9.17) is 17.3 Å². The van der Waals surface area contributed by atoms with Crippen molar-refractivity contribution in [3.63, 3.8) is 0 Å². The second-order valence-electron chi connectivity index (χ2n) is 8.07. The van der Waals surface area contributed by atoms with Gasteiger partial charge in [0.1, 0.15) is 11.6 Å². The summed E-state index contributed by atoms with van der Waals surface area (Å²) in [5, 5.41) is 2.84. The molecule has 0 aliphatic heterocycles. The molecule has 34 heavy (non-hydrogen) atoms. The van der Waals surface area contributed by atoms with E-state index in [9.17, 15) is 26.7 Å². The molecule has 2 aromatic carbocycles. The summed E-state index contributed by atoms with van der Waals surface area (Å²) in [6, 6.07) is 7.58. The van der Waals surface area contributed by atoms with E-state index in [2.05, 4.69) is 11.9 Å². The van der Waals surface area contributed by atoms with Crippen LogP contribution in [0.15, 0.2) is 78.0 Å². The number of hydrogen-bond donors (Lipinski definition) is 2. The SMILES string of the molecule is C=C(/C=C\C(Cl)=C/N)[C@](Cc1ccccc1F)(NC(=O)C1CC1)c1cc(F)cc(C(F)(F)F)c1. The van der Waals surface area contributed by atoms with Gasteiger partial charge in [0.05, 0.1) is 16.1 Å². The molecule has 1 fully saturated rings. The van der Waals surface area contributed by atoms with Gasteiger partial charge >= 0.3 is 6.18 Å². The number of nitrogens with two attached hydrogens (primary N) is 1. The summed E-state index contributed by atoms with van der Waals surface area (Å²) in [5.41, 5.74) is 2.22. The van der Waals surface area contributed by atoms with Crippen LogP contribution in [0.3, 0.4) is 0 Å². The molecule has 1 amide bonds. The standard InChI is InChI=1S/C25H22ClF5N2O/c1-15(6-9-20(26)14-32)24(33-23(34)16-7-8-16,13-17-4-2-3-5-22(17)28)18-10-19(25(29,30)31)12-21(27)11-18/h2-6,9-12,14,16H,1,7-8,13,32H2,(H,33,34)/b9-6-,20-14+/t24-/m0/s1. The van der Waals surface area contributed by atoms with Crippen LogP contribution in [0.2, 0.25) is 0 Å². The summed E-state index contributed by atoms with van der Waals surface area (Å²) in [7, 11) is 0. The second-order valence-corrected chi connectivity index (χ2v) is 8.51. The van der Waals surface area contributed by atoms with Crippen molar-refractivity contribution in [3.05, 3.63) is 106 Å². The van der Waals surface area contributed by atoms with Gasteiger partial charge in [-0.2, -0.15) is 13.2 Å². The van der Waals surface area contributed by atoms with E-state index in [1.165, 1.54) is 30.4 Å². The Labute approximate surface area is 198 Å². The van der Waals surface area contributed by atoms with Gasteiger partial charge in [-0.25, -0.2) is 8.78 Å². The minimum absolute atomic E-state index is 0.0588. The molecular weight excluding hydrogens is 475 g/mol. The number of hydrogen-bond acceptors (Lipinski definition) is 2. The zero-order chi connectivity index (χ0) is 25.1. The summed E-state index contributed by atoms with van der Waals surface area (Å²) < 4.78 is 69.7. The summed E-state index contributed by atoms with van der Waals surface area (Å²) in [6.07, 6.45) is -0.233. The van der Waals surface area contributed by atoms with Gasteiger partial charge in [0.25, 0.3) is 0 Å². The lowest BCUT2D eigenvalue weighted by Crippen LogP contribution is -2.49. The van der Waals surface area contributed by atoms with Crippen molar-refractivity contribution < 1.29 is 26.7 Å². The van der Waals surface area contributed by atoms with Crippen LogP contribution < -0.4 is 11.1 Å². The second kappa shape index (κ2) is 10.0. The van der Waals surface area contributed by atoms with Crippen molar-refractivity contribution in [1.82, 2.24) is 5.32 Å². The number of nitrogens with one attached hydrogen (secondary N) is 1. The van der Waals surface area contributed by atoms with Crippen molar-refractivity contribution in [2.45, 2.75) is 31.0 Å². The smallest absolute Gasteiger partial charge is 0.403 e. The van der Waals surface area contributed by atoms with Crippen LogP contribution in [-0.4, -0.2) is 5.91 Å². The van der Waals surface area contributed by atoms with E-state index in [0.29, 0.717) is 18.9 Å². The van der Waals surface area contributed by atoms with Crippen molar-refractivity contribution >= 4 is 17.5 Å². The van der Waals surface area contributed by atoms with Crippen molar-refractivity contribution in [2.24, 2.45) is 11.7 Å². The fourth-order valence-corrected chi connectivity index (χ4v) is 3.62. The topological polar surface area (TPSA) is 55.1 Å². The molecule has 1 aliphatic carbocycles. The molecule has 0 heterocycles. The first-order valence-electron chi connectivity index (χ1n) is 10.3. The molecule has 9 heteroatoms. The van der Waals surface area contributed by atoms with Crippen LogP contribution in [0.1, 0.15) is 29.5 Å². The lowest BCUT2D eigenvalue weighted by atomic mass is 9.77. The third kappa shape index (κ3) is 5.86. The molecule has 0 bridgehead atoms. The zero-order valence-electron chi connectivity index (χ0n) is 17.9. The molecule has 3 N–H and O–H groups in total. The quantitative estimate of drug-likeness (QED) is 0.343. The Bertz CT molecular complexity index is 1150. The number of rotatable bonds is 8. The number of allylic oxidation sites excluding steroid dienone is 2. The fraction of sp³-hybridized carbons (Fsp3) is 0.240. The van der Waals surface area contributed by atoms with Crippen molar-refractivity contribution in [2.75, 3.05) is 0 Å². The number of benzene rings is 2. The Hall–Kier alpha value is -3.13. The summed E-state index contributed by atoms with van der Waals surface area (Å²) in [6.45, 7) is 3.94. The Morgan fingerprint density at radius 1 is 1.12 bits per heavy atom. The highest BCUT2D eigenvalue weighted by molar-refractivity contribution is 6.31. The van der Waals surface area contributed by atoms with E-state index in [0.717, 1.165) is 18.3 Å². The number of carbonyl (C=O) groups excluding carboxylic acids is 1. The lowest BCUT2D eigenvalue weighted by molar-refractivity contribution is -0.137. The molecular formula is C25H22ClF5N2O. The fourth-order valence-electron chi connectivity index (χ4n) is 3.56. The van der Waals surface area contributed by atoms with E-state index in [1.54, 1.807) is 6.07 Å². The number of halogens is 6. The van der Waals surface area contributed by atoms with Gasteiger partial charge in [-0.15, -0.1) is 0 Å². The van der Waals surface area contributed by atoms with Crippen LogP contribution in [0.5, 0.6) is 0 Å². The first-order valence-corrected chi connectivity index (χ1v) is 10.7. The predicted molar refractivity (Wildman–Crippen MR) is 120 cm³/mol. The van der Waals surface area contributed by atoms with Gasteiger partial charge in [-0.05, 0) is 59.9 Å². The Morgan fingerprint density at radius 2 is 1.76 bits per heavy atom. The normalized spacial score (nSPS) is 16.4. The first kappa shape index (κ1) is 25.5. The number of amides is 1. The lowest BCUT2D eigenvalue weighted by Gasteiger charge is -2.37. The van der Waals surface area contributed by atoms with Crippen LogP contribution >= 0.6 is 11.6 Å². The minimum atomic E-state index is -4.86. The maximum Gasteiger partial charge on any atom is 0.416 e. The maximum atomic E-state index is 14.7. The third-order valence-corrected chi connectivity index (χ3v) is 5.82. The average Bonchev–Trinajstić information content (AvgIpc) is 3.62. The molecule has 0 unspecified atom stereocenters. The highest BCUT2D eigenvalue weighted by Gasteiger charge is 2.42. The molecule has 2 aromatic rings. The Kier molecular flexibility index (Phi) is 7.51. The van der Waals surface area contributed by atoms with Crippen LogP contribution in [0, 0.1) is 17.6 Å². The van der Waals surface area contributed by atoms with Crippen LogP contribution in [0.25, 0.3) is 0 Å². The highest BCUT2D eigenvalue weighted by Crippen LogP contribution is 2.40.